The maximum atomic E-state index is 12.7. The van der Waals surface area contributed by atoms with Crippen molar-refractivity contribution in [1.29, 1.82) is 0 Å². The number of carbonyl (C=O) groups is 6. The second kappa shape index (κ2) is 13.5. The number of hydrogen-bond donors (Lipinski definition) is 7. The van der Waals surface area contributed by atoms with Crippen LogP contribution in [0.15, 0.2) is 0 Å². The van der Waals surface area contributed by atoms with Gasteiger partial charge < -0.3 is 37.2 Å². The van der Waals surface area contributed by atoms with Gasteiger partial charge in [-0.15, -0.1) is 0 Å². The number of aliphatic carboxylic acids is 2. The molecule has 0 radical (unpaired) electrons. The first-order valence-corrected chi connectivity index (χ1v) is 11.3. The predicted octanol–water partition coefficient (Wildman–Crippen LogP) is -2.62. The summed E-state index contributed by atoms with van der Waals surface area (Å²) in [5.74, 6) is -5.75. The number of carboxylic acids is 2. The van der Waals surface area contributed by atoms with Crippen LogP contribution in [0, 0.1) is 0 Å². The third kappa shape index (κ3) is 9.51. The van der Waals surface area contributed by atoms with Crippen LogP contribution in [0.5, 0.6) is 0 Å². The van der Waals surface area contributed by atoms with Gasteiger partial charge in [-0.2, -0.15) is 11.8 Å². The van der Waals surface area contributed by atoms with Gasteiger partial charge in [-0.25, -0.2) is 4.79 Å². The lowest BCUT2D eigenvalue weighted by Gasteiger charge is -2.24. The first-order chi connectivity index (χ1) is 15.0. The van der Waals surface area contributed by atoms with E-state index in [2.05, 4.69) is 21.3 Å². The van der Waals surface area contributed by atoms with Gasteiger partial charge in [-0.3, -0.25) is 24.0 Å². The molecule has 14 heteroatoms. The van der Waals surface area contributed by atoms with Crippen LogP contribution in [0.2, 0.25) is 0 Å². The Labute approximate surface area is 188 Å². The van der Waals surface area contributed by atoms with Crippen molar-refractivity contribution in [1.82, 2.24) is 21.3 Å². The molecule has 0 saturated carbocycles. The summed E-state index contributed by atoms with van der Waals surface area (Å²) in [6.45, 7) is 0.618. The molecule has 4 unspecified atom stereocenters. The van der Waals surface area contributed by atoms with Gasteiger partial charge in [-0.1, -0.05) is 0 Å². The van der Waals surface area contributed by atoms with E-state index in [0.29, 0.717) is 18.7 Å². The molecule has 180 valence electrons. The summed E-state index contributed by atoms with van der Waals surface area (Å²) in [7, 11) is 0. The maximum absolute atomic E-state index is 12.7. The normalized spacial score (nSPS) is 18.1. The lowest BCUT2D eigenvalue weighted by Crippen LogP contribution is -2.58. The lowest BCUT2D eigenvalue weighted by atomic mass is 10.1. The first kappa shape index (κ1) is 27.2. The Hall–Kier alpha value is -2.87. The highest BCUT2D eigenvalue weighted by molar-refractivity contribution is 7.98. The Morgan fingerprint density at radius 3 is 2.06 bits per heavy atom. The summed E-state index contributed by atoms with van der Waals surface area (Å²) >= 11 is 1.36. The van der Waals surface area contributed by atoms with Crippen molar-refractivity contribution in [2.75, 3.05) is 18.6 Å². The highest BCUT2D eigenvalue weighted by atomic mass is 32.2. The number of hydrogen-bond acceptors (Lipinski definition) is 8. The lowest BCUT2D eigenvalue weighted by molar-refractivity contribution is -0.144. The number of thioether (sulfide) groups is 1. The molecule has 0 aromatic carbocycles. The van der Waals surface area contributed by atoms with Crippen molar-refractivity contribution in [3.63, 3.8) is 0 Å². The molecule has 4 atom stereocenters. The predicted molar refractivity (Wildman–Crippen MR) is 114 cm³/mol. The Morgan fingerprint density at radius 2 is 1.59 bits per heavy atom. The van der Waals surface area contributed by atoms with Gasteiger partial charge in [-0.05, 0) is 37.8 Å². The highest BCUT2D eigenvalue weighted by Gasteiger charge is 2.33. The van der Waals surface area contributed by atoms with Gasteiger partial charge in [0.1, 0.15) is 18.1 Å². The van der Waals surface area contributed by atoms with Crippen LogP contribution in [0.1, 0.15) is 32.1 Å². The van der Waals surface area contributed by atoms with E-state index in [9.17, 15) is 33.9 Å². The Kier molecular flexibility index (Phi) is 11.5. The minimum atomic E-state index is -1.63. The van der Waals surface area contributed by atoms with Crippen molar-refractivity contribution >= 4 is 47.3 Å². The Morgan fingerprint density at radius 1 is 1.00 bits per heavy atom. The minimum absolute atomic E-state index is 0.0880. The van der Waals surface area contributed by atoms with Gasteiger partial charge in [0.05, 0.1) is 18.9 Å². The van der Waals surface area contributed by atoms with Gasteiger partial charge in [0.15, 0.2) is 0 Å². The van der Waals surface area contributed by atoms with Crippen molar-refractivity contribution in [2.24, 2.45) is 5.73 Å². The molecule has 0 aromatic heterocycles. The van der Waals surface area contributed by atoms with Crippen molar-refractivity contribution in [2.45, 2.75) is 56.3 Å². The fourth-order valence-corrected chi connectivity index (χ4v) is 3.48. The summed E-state index contributed by atoms with van der Waals surface area (Å²) in [5.41, 5.74) is 5.15. The number of nitrogens with two attached hydrogens (primary N) is 1. The number of carboxylic acid groups (broad SMARTS) is 2. The SMILES string of the molecule is CSCCC(NC(=O)C(CC(=O)O)NC(=O)C(CC(N)=O)NC(=O)C1CCCN1)C(=O)O. The molecule has 0 aromatic rings. The molecule has 0 bridgehead atoms. The highest BCUT2D eigenvalue weighted by Crippen LogP contribution is 2.07. The summed E-state index contributed by atoms with van der Waals surface area (Å²) < 4.78 is 0. The number of nitrogens with one attached hydrogen (secondary N) is 4. The van der Waals surface area contributed by atoms with E-state index in [1.165, 1.54) is 11.8 Å². The van der Waals surface area contributed by atoms with Gasteiger partial charge in [0, 0.05) is 0 Å². The summed E-state index contributed by atoms with van der Waals surface area (Å²) in [5, 5.41) is 28.1. The van der Waals surface area contributed by atoms with E-state index >= 15 is 0 Å². The Balaban J connectivity index is 2.91. The summed E-state index contributed by atoms with van der Waals surface area (Å²) in [4.78, 5) is 71.4. The maximum Gasteiger partial charge on any atom is 0.326 e. The largest absolute Gasteiger partial charge is 0.481 e. The molecule has 13 nitrogen and oxygen atoms in total. The standard InChI is InChI=1S/C18H29N5O8S/c1-32-6-4-10(18(30)31)21-17(29)12(8-14(25)26)23-16(28)11(7-13(19)24)22-15(27)9-3-2-5-20-9/h9-12,20H,2-8H2,1H3,(H2,19,24)(H,21,29)(H,22,27)(H,23,28)(H,25,26)(H,30,31). The molecule has 4 amide bonds. The van der Waals surface area contributed by atoms with E-state index in [0.717, 1.165) is 6.42 Å². The van der Waals surface area contributed by atoms with Crippen LogP contribution in [-0.2, 0) is 28.8 Å². The molecule has 1 saturated heterocycles. The van der Waals surface area contributed by atoms with Crippen LogP contribution < -0.4 is 27.0 Å². The molecule has 1 aliphatic heterocycles. The average molecular weight is 476 g/mol. The molecular formula is C18H29N5O8S. The van der Waals surface area contributed by atoms with Crippen molar-refractivity contribution in [3.05, 3.63) is 0 Å². The fourth-order valence-electron chi connectivity index (χ4n) is 3.01. The van der Waals surface area contributed by atoms with E-state index < -0.39 is 72.6 Å². The summed E-state index contributed by atoms with van der Waals surface area (Å²) in [6.07, 6.45) is 1.72. The first-order valence-electron chi connectivity index (χ1n) is 9.91. The van der Waals surface area contributed by atoms with Gasteiger partial charge >= 0.3 is 11.9 Å². The summed E-state index contributed by atoms with van der Waals surface area (Å²) in [6, 6.07) is -4.90. The smallest absolute Gasteiger partial charge is 0.326 e. The number of rotatable bonds is 14. The quantitative estimate of drug-likeness (QED) is 0.139. The molecule has 0 spiro atoms. The second-order valence-corrected chi connectivity index (χ2v) is 8.21. The number of carbonyl (C=O) groups excluding carboxylic acids is 4. The third-order valence-corrected chi connectivity index (χ3v) is 5.30. The minimum Gasteiger partial charge on any atom is -0.481 e. The van der Waals surface area contributed by atoms with Gasteiger partial charge in [0.25, 0.3) is 0 Å². The molecule has 0 aliphatic carbocycles. The van der Waals surface area contributed by atoms with E-state index in [1.807, 2.05) is 0 Å². The van der Waals surface area contributed by atoms with Crippen LogP contribution in [0.4, 0.5) is 0 Å². The van der Waals surface area contributed by atoms with E-state index in [1.54, 1.807) is 6.26 Å². The number of amides is 4. The van der Waals surface area contributed by atoms with Crippen LogP contribution in [-0.4, -0.2) is 88.5 Å². The van der Waals surface area contributed by atoms with Crippen LogP contribution in [0.3, 0.4) is 0 Å². The fraction of sp³-hybridized carbons (Fsp3) is 0.667. The van der Waals surface area contributed by atoms with E-state index in [-0.39, 0.29) is 6.42 Å². The monoisotopic (exact) mass is 475 g/mol. The Bertz CT molecular complexity index is 728. The third-order valence-electron chi connectivity index (χ3n) is 4.65. The zero-order valence-electron chi connectivity index (χ0n) is 17.6. The zero-order valence-corrected chi connectivity index (χ0v) is 18.4. The van der Waals surface area contributed by atoms with Crippen LogP contribution >= 0.6 is 11.8 Å². The molecule has 1 aliphatic rings. The van der Waals surface area contributed by atoms with Crippen molar-refractivity contribution < 1.29 is 39.0 Å². The van der Waals surface area contributed by atoms with E-state index in [4.69, 9.17) is 10.8 Å². The molecule has 8 N–H and O–H groups in total. The molecule has 1 fully saturated rings. The number of primary amides is 1. The topological polar surface area (TPSA) is 217 Å². The second-order valence-electron chi connectivity index (χ2n) is 7.22. The van der Waals surface area contributed by atoms with Crippen LogP contribution in [0.25, 0.3) is 0 Å². The van der Waals surface area contributed by atoms with Gasteiger partial charge in [0.2, 0.25) is 23.6 Å². The molecule has 1 heterocycles. The molecule has 1 rings (SSSR count). The molecular weight excluding hydrogens is 446 g/mol. The average Bonchev–Trinajstić information content (AvgIpc) is 3.23. The van der Waals surface area contributed by atoms with Crippen molar-refractivity contribution in [3.8, 4) is 0 Å². The zero-order chi connectivity index (χ0) is 24.3. The molecule has 32 heavy (non-hydrogen) atoms.